The van der Waals surface area contributed by atoms with Crippen LogP contribution in [-0.4, -0.2) is 51.5 Å². The molecule has 1 fully saturated rings. The Morgan fingerprint density at radius 3 is 2.55 bits per heavy atom. The molecule has 1 N–H and O–H groups in total. The molecule has 1 aliphatic heterocycles. The Bertz CT molecular complexity index is 499. The molecule has 0 aliphatic carbocycles. The zero-order chi connectivity index (χ0) is 15.9. The zero-order valence-electron chi connectivity index (χ0n) is 13.4. The highest BCUT2D eigenvalue weighted by Crippen LogP contribution is 2.30. The highest BCUT2D eigenvalue weighted by atomic mass is 16.5. The van der Waals surface area contributed by atoms with Gasteiger partial charge in [-0.2, -0.15) is 0 Å². The van der Waals surface area contributed by atoms with Crippen LogP contribution in [0.3, 0.4) is 0 Å². The Hall–Kier alpha value is -1.95. The van der Waals surface area contributed by atoms with Crippen molar-refractivity contribution in [2.45, 2.75) is 25.4 Å². The van der Waals surface area contributed by atoms with Gasteiger partial charge in [0.05, 0.1) is 21.3 Å². The van der Waals surface area contributed by atoms with Gasteiger partial charge in [0.1, 0.15) is 0 Å². The van der Waals surface area contributed by atoms with Gasteiger partial charge in [-0.25, -0.2) is 4.79 Å². The monoisotopic (exact) mass is 308 g/mol. The minimum atomic E-state index is -0.243. The SMILES string of the molecule is COC(=O)N1CCC(NCc2cccc(OC)c2OC)CC1. The smallest absolute Gasteiger partial charge is 0.409 e. The van der Waals surface area contributed by atoms with Gasteiger partial charge < -0.3 is 24.4 Å². The number of hydrogen-bond donors (Lipinski definition) is 1. The molecular weight excluding hydrogens is 284 g/mol. The number of methoxy groups -OCH3 is 3. The highest BCUT2D eigenvalue weighted by Gasteiger charge is 2.23. The summed E-state index contributed by atoms with van der Waals surface area (Å²) in [7, 11) is 4.70. The average molecular weight is 308 g/mol. The highest BCUT2D eigenvalue weighted by molar-refractivity contribution is 5.67. The number of para-hydroxylation sites is 1. The van der Waals surface area contributed by atoms with Crippen LogP contribution in [0.15, 0.2) is 18.2 Å². The Kier molecular flexibility index (Phi) is 5.89. The number of benzene rings is 1. The largest absolute Gasteiger partial charge is 0.493 e. The first kappa shape index (κ1) is 16.4. The third-order valence-electron chi connectivity index (χ3n) is 3.99. The van der Waals surface area contributed by atoms with Gasteiger partial charge in [0.25, 0.3) is 0 Å². The first-order valence-electron chi connectivity index (χ1n) is 7.45. The third-order valence-corrected chi connectivity index (χ3v) is 3.99. The summed E-state index contributed by atoms with van der Waals surface area (Å²) in [6, 6.07) is 6.25. The zero-order valence-corrected chi connectivity index (χ0v) is 13.4. The number of rotatable bonds is 5. The quantitative estimate of drug-likeness (QED) is 0.902. The van der Waals surface area contributed by atoms with E-state index in [1.165, 1.54) is 7.11 Å². The van der Waals surface area contributed by atoms with E-state index in [4.69, 9.17) is 14.2 Å². The summed E-state index contributed by atoms with van der Waals surface area (Å²) in [4.78, 5) is 13.2. The van der Waals surface area contributed by atoms with Crippen molar-refractivity contribution in [2.24, 2.45) is 0 Å². The van der Waals surface area contributed by atoms with Crippen molar-refractivity contribution in [1.82, 2.24) is 10.2 Å². The number of piperidine rings is 1. The molecule has 122 valence electrons. The maximum Gasteiger partial charge on any atom is 0.409 e. The molecule has 1 aromatic carbocycles. The first-order chi connectivity index (χ1) is 10.7. The average Bonchev–Trinajstić information content (AvgIpc) is 2.59. The molecule has 2 rings (SSSR count). The van der Waals surface area contributed by atoms with Crippen LogP contribution < -0.4 is 14.8 Å². The molecule has 1 saturated heterocycles. The standard InChI is InChI=1S/C16H24N2O4/c1-20-14-6-4-5-12(15(14)21-2)11-17-13-7-9-18(10-8-13)16(19)22-3/h4-6,13,17H,7-11H2,1-3H3. The van der Waals surface area contributed by atoms with Crippen LogP contribution in [0.5, 0.6) is 11.5 Å². The van der Waals surface area contributed by atoms with Crippen molar-refractivity contribution < 1.29 is 19.0 Å². The van der Waals surface area contributed by atoms with Crippen LogP contribution in [0.4, 0.5) is 4.79 Å². The maximum atomic E-state index is 11.5. The number of amides is 1. The normalized spacial score (nSPS) is 15.5. The molecule has 1 aliphatic rings. The van der Waals surface area contributed by atoms with Gasteiger partial charge in [0.15, 0.2) is 11.5 Å². The number of nitrogens with one attached hydrogen (secondary N) is 1. The Labute approximate surface area is 131 Å². The minimum Gasteiger partial charge on any atom is -0.493 e. The molecule has 0 atom stereocenters. The Balaban J connectivity index is 1.88. The van der Waals surface area contributed by atoms with Crippen molar-refractivity contribution >= 4 is 6.09 Å². The number of carbonyl (C=O) groups is 1. The fourth-order valence-electron chi connectivity index (χ4n) is 2.74. The van der Waals surface area contributed by atoms with Gasteiger partial charge in [0.2, 0.25) is 0 Å². The maximum absolute atomic E-state index is 11.5. The fourth-order valence-corrected chi connectivity index (χ4v) is 2.74. The van der Waals surface area contributed by atoms with E-state index in [9.17, 15) is 4.79 Å². The molecule has 0 bridgehead atoms. The van der Waals surface area contributed by atoms with E-state index in [0.29, 0.717) is 12.6 Å². The lowest BCUT2D eigenvalue weighted by molar-refractivity contribution is 0.109. The van der Waals surface area contributed by atoms with Crippen molar-refractivity contribution in [3.05, 3.63) is 23.8 Å². The van der Waals surface area contributed by atoms with Crippen LogP contribution >= 0.6 is 0 Å². The Morgan fingerprint density at radius 2 is 1.95 bits per heavy atom. The molecule has 22 heavy (non-hydrogen) atoms. The lowest BCUT2D eigenvalue weighted by Gasteiger charge is -2.31. The summed E-state index contributed by atoms with van der Waals surface area (Å²) in [5, 5.41) is 3.53. The van der Waals surface area contributed by atoms with E-state index in [1.807, 2.05) is 18.2 Å². The van der Waals surface area contributed by atoms with E-state index in [0.717, 1.165) is 43.0 Å². The fraction of sp³-hybridized carbons (Fsp3) is 0.562. The van der Waals surface area contributed by atoms with E-state index in [2.05, 4.69) is 5.32 Å². The van der Waals surface area contributed by atoms with Crippen LogP contribution in [0.2, 0.25) is 0 Å². The summed E-state index contributed by atoms with van der Waals surface area (Å²) < 4.78 is 15.5. The van der Waals surface area contributed by atoms with Crippen LogP contribution in [0.1, 0.15) is 18.4 Å². The molecule has 0 unspecified atom stereocenters. The molecule has 6 heteroatoms. The second-order valence-corrected chi connectivity index (χ2v) is 5.26. The summed E-state index contributed by atoms with van der Waals surface area (Å²) in [5.74, 6) is 1.51. The summed E-state index contributed by atoms with van der Waals surface area (Å²) >= 11 is 0. The number of likely N-dealkylation sites (tertiary alicyclic amines) is 1. The number of nitrogens with zero attached hydrogens (tertiary/aromatic N) is 1. The van der Waals surface area contributed by atoms with E-state index >= 15 is 0 Å². The lowest BCUT2D eigenvalue weighted by atomic mass is 10.0. The van der Waals surface area contributed by atoms with Crippen LogP contribution in [0.25, 0.3) is 0 Å². The third kappa shape index (κ3) is 3.82. The van der Waals surface area contributed by atoms with Crippen molar-refractivity contribution in [3.8, 4) is 11.5 Å². The second kappa shape index (κ2) is 7.89. The summed E-state index contributed by atoms with van der Waals surface area (Å²) in [6.07, 6.45) is 1.59. The molecule has 0 aromatic heterocycles. The van der Waals surface area contributed by atoms with Gasteiger partial charge in [-0.3, -0.25) is 0 Å². The predicted molar refractivity (Wildman–Crippen MR) is 83.4 cm³/mol. The van der Waals surface area contributed by atoms with Crippen molar-refractivity contribution in [1.29, 1.82) is 0 Å². The van der Waals surface area contributed by atoms with E-state index in [1.54, 1.807) is 19.1 Å². The molecule has 0 saturated carbocycles. The van der Waals surface area contributed by atoms with E-state index in [-0.39, 0.29) is 6.09 Å². The number of hydrogen-bond acceptors (Lipinski definition) is 5. The Morgan fingerprint density at radius 1 is 1.23 bits per heavy atom. The van der Waals surface area contributed by atoms with Gasteiger partial charge in [-0.1, -0.05) is 12.1 Å². The van der Waals surface area contributed by atoms with Crippen molar-refractivity contribution in [3.63, 3.8) is 0 Å². The number of carbonyl (C=O) groups excluding carboxylic acids is 1. The number of ether oxygens (including phenoxy) is 3. The topological polar surface area (TPSA) is 60.0 Å². The van der Waals surface area contributed by atoms with Crippen LogP contribution in [-0.2, 0) is 11.3 Å². The molecule has 0 radical (unpaired) electrons. The molecule has 0 spiro atoms. The predicted octanol–water partition coefficient (Wildman–Crippen LogP) is 2.02. The lowest BCUT2D eigenvalue weighted by Crippen LogP contribution is -2.44. The van der Waals surface area contributed by atoms with Crippen molar-refractivity contribution in [2.75, 3.05) is 34.4 Å². The summed E-state index contributed by atoms with van der Waals surface area (Å²) in [5.41, 5.74) is 1.07. The first-order valence-corrected chi connectivity index (χ1v) is 7.45. The van der Waals surface area contributed by atoms with E-state index < -0.39 is 0 Å². The summed E-state index contributed by atoms with van der Waals surface area (Å²) in [6.45, 7) is 2.16. The molecule has 6 nitrogen and oxygen atoms in total. The molecule has 1 amide bonds. The van der Waals surface area contributed by atoms with Gasteiger partial charge in [-0.05, 0) is 18.9 Å². The van der Waals surface area contributed by atoms with Gasteiger partial charge >= 0.3 is 6.09 Å². The molecular formula is C16H24N2O4. The second-order valence-electron chi connectivity index (χ2n) is 5.26. The molecule has 1 aromatic rings. The van der Waals surface area contributed by atoms with Gasteiger partial charge in [-0.15, -0.1) is 0 Å². The molecule has 1 heterocycles. The minimum absolute atomic E-state index is 0.243. The van der Waals surface area contributed by atoms with Gasteiger partial charge in [0, 0.05) is 31.2 Å². The van der Waals surface area contributed by atoms with Crippen LogP contribution in [0, 0.1) is 0 Å².